The van der Waals surface area contributed by atoms with Gasteiger partial charge < -0.3 is 11.1 Å². The predicted molar refractivity (Wildman–Crippen MR) is 58.3 cm³/mol. The van der Waals surface area contributed by atoms with Gasteiger partial charge in [0.05, 0.1) is 12.3 Å². The summed E-state index contributed by atoms with van der Waals surface area (Å²) in [6.45, 7) is 0. The normalized spacial score (nSPS) is 23.7. The Kier molecular flexibility index (Phi) is 4.75. The summed E-state index contributed by atoms with van der Waals surface area (Å²) in [6, 6.07) is -0.506. The maximum absolute atomic E-state index is 11.9. The molecule has 0 aromatic rings. The molecule has 7 heteroatoms. The second kappa shape index (κ2) is 5.88. The summed E-state index contributed by atoms with van der Waals surface area (Å²) in [5.74, 6) is -1.82. The van der Waals surface area contributed by atoms with E-state index in [0.29, 0.717) is 12.8 Å². The molecule has 0 aromatic heterocycles. The minimum atomic E-state index is -4.35. The van der Waals surface area contributed by atoms with Crippen LogP contribution in [-0.4, -0.2) is 24.0 Å². The molecule has 18 heavy (non-hydrogen) atoms. The molecule has 0 saturated carbocycles. The van der Waals surface area contributed by atoms with Crippen molar-refractivity contribution in [3.05, 3.63) is 12.2 Å². The summed E-state index contributed by atoms with van der Waals surface area (Å²) in [4.78, 5) is 22.5. The van der Waals surface area contributed by atoms with Crippen LogP contribution in [0.1, 0.15) is 25.7 Å². The highest BCUT2D eigenvalue weighted by Gasteiger charge is 2.31. The van der Waals surface area contributed by atoms with Crippen LogP contribution in [0, 0.1) is 5.92 Å². The van der Waals surface area contributed by atoms with Crippen molar-refractivity contribution in [3.8, 4) is 0 Å². The SMILES string of the molecule is NC(=O)[C@@H]1CC=CC[C@H]1NC(=O)CCC(F)(F)F. The molecule has 3 N–H and O–H groups in total. The molecule has 1 rings (SSSR count). The van der Waals surface area contributed by atoms with Crippen molar-refractivity contribution in [1.29, 1.82) is 0 Å². The third-order valence-corrected chi connectivity index (χ3v) is 2.78. The quantitative estimate of drug-likeness (QED) is 0.750. The molecule has 0 aliphatic heterocycles. The minimum Gasteiger partial charge on any atom is -0.369 e. The molecule has 2 amide bonds. The van der Waals surface area contributed by atoms with Crippen molar-refractivity contribution in [2.24, 2.45) is 11.7 Å². The summed E-state index contributed by atoms with van der Waals surface area (Å²) in [5, 5.41) is 2.43. The molecule has 0 aromatic carbocycles. The molecule has 0 radical (unpaired) electrons. The lowest BCUT2D eigenvalue weighted by Gasteiger charge is -2.27. The second-order valence-electron chi connectivity index (χ2n) is 4.24. The van der Waals surface area contributed by atoms with E-state index in [4.69, 9.17) is 5.73 Å². The zero-order valence-corrected chi connectivity index (χ0v) is 9.67. The van der Waals surface area contributed by atoms with Crippen LogP contribution in [0.5, 0.6) is 0 Å². The Hall–Kier alpha value is -1.53. The number of primary amides is 1. The van der Waals surface area contributed by atoms with Gasteiger partial charge in [-0.3, -0.25) is 9.59 Å². The van der Waals surface area contributed by atoms with Gasteiger partial charge >= 0.3 is 6.18 Å². The van der Waals surface area contributed by atoms with E-state index in [1.165, 1.54) is 0 Å². The number of alkyl halides is 3. The molecule has 2 atom stereocenters. The van der Waals surface area contributed by atoms with Crippen molar-refractivity contribution in [3.63, 3.8) is 0 Å². The summed E-state index contributed by atoms with van der Waals surface area (Å²) >= 11 is 0. The van der Waals surface area contributed by atoms with Gasteiger partial charge in [-0.25, -0.2) is 0 Å². The Morgan fingerprint density at radius 1 is 1.28 bits per heavy atom. The van der Waals surface area contributed by atoms with Gasteiger partial charge in [-0.05, 0) is 12.8 Å². The lowest BCUT2D eigenvalue weighted by Crippen LogP contribution is -2.46. The van der Waals surface area contributed by atoms with Crippen LogP contribution in [-0.2, 0) is 9.59 Å². The largest absolute Gasteiger partial charge is 0.389 e. The van der Waals surface area contributed by atoms with Crippen molar-refractivity contribution in [2.45, 2.75) is 37.9 Å². The van der Waals surface area contributed by atoms with Gasteiger partial charge in [0.25, 0.3) is 0 Å². The fourth-order valence-electron chi connectivity index (χ4n) is 1.82. The molecular weight excluding hydrogens is 249 g/mol. The maximum atomic E-state index is 11.9. The van der Waals surface area contributed by atoms with Gasteiger partial charge in [0.15, 0.2) is 0 Å². The van der Waals surface area contributed by atoms with Gasteiger partial charge in [-0.1, -0.05) is 12.2 Å². The number of nitrogens with two attached hydrogens (primary N) is 1. The van der Waals surface area contributed by atoms with Gasteiger partial charge in [-0.2, -0.15) is 13.2 Å². The van der Waals surface area contributed by atoms with Crippen molar-refractivity contribution in [2.75, 3.05) is 0 Å². The number of hydrogen-bond acceptors (Lipinski definition) is 2. The Labute approximate surface area is 102 Å². The first-order valence-corrected chi connectivity index (χ1v) is 5.60. The van der Waals surface area contributed by atoms with Crippen LogP contribution in [0.25, 0.3) is 0 Å². The Morgan fingerprint density at radius 3 is 2.44 bits per heavy atom. The van der Waals surface area contributed by atoms with E-state index in [-0.39, 0.29) is 0 Å². The van der Waals surface area contributed by atoms with Crippen LogP contribution in [0.2, 0.25) is 0 Å². The third kappa shape index (κ3) is 4.77. The highest BCUT2D eigenvalue weighted by molar-refractivity contribution is 5.80. The van der Waals surface area contributed by atoms with E-state index in [9.17, 15) is 22.8 Å². The lowest BCUT2D eigenvalue weighted by molar-refractivity contribution is -0.144. The fraction of sp³-hybridized carbons (Fsp3) is 0.636. The average molecular weight is 264 g/mol. The van der Waals surface area contributed by atoms with Crippen molar-refractivity contribution < 1.29 is 22.8 Å². The summed E-state index contributed by atoms with van der Waals surface area (Å²) < 4.78 is 35.8. The second-order valence-corrected chi connectivity index (χ2v) is 4.24. The number of nitrogens with one attached hydrogen (secondary N) is 1. The first-order chi connectivity index (χ1) is 8.29. The van der Waals surface area contributed by atoms with E-state index >= 15 is 0 Å². The molecule has 0 spiro atoms. The number of halogens is 3. The van der Waals surface area contributed by atoms with Gasteiger partial charge in [0.1, 0.15) is 0 Å². The number of rotatable bonds is 4. The third-order valence-electron chi connectivity index (χ3n) is 2.78. The van der Waals surface area contributed by atoms with Gasteiger partial charge in [-0.15, -0.1) is 0 Å². The monoisotopic (exact) mass is 264 g/mol. The zero-order chi connectivity index (χ0) is 13.8. The maximum Gasteiger partial charge on any atom is 0.389 e. The number of carbonyl (C=O) groups is 2. The molecule has 0 heterocycles. The topological polar surface area (TPSA) is 72.2 Å². The summed E-state index contributed by atoms with van der Waals surface area (Å²) in [5.41, 5.74) is 5.17. The van der Waals surface area contributed by atoms with Crippen molar-refractivity contribution in [1.82, 2.24) is 5.32 Å². The van der Waals surface area contributed by atoms with Crippen LogP contribution in [0.4, 0.5) is 13.2 Å². The predicted octanol–water partition coefficient (Wildman–Crippen LogP) is 1.27. The zero-order valence-electron chi connectivity index (χ0n) is 9.67. The molecule has 0 fully saturated rings. The van der Waals surface area contributed by atoms with Gasteiger partial charge in [0.2, 0.25) is 11.8 Å². The first kappa shape index (κ1) is 14.5. The smallest absolute Gasteiger partial charge is 0.369 e. The molecule has 0 saturated heterocycles. The van der Waals surface area contributed by atoms with E-state index in [1.807, 2.05) is 0 Å². The average Bonchev–Trinajstić information content (AvgIpc) is 2.26. The summed E-state index contributed by atoms with van der Waals surface area (Å²) in [6.07, 6.45) is -1.79. The number of allylic oxidation sites excluding steroid dienone is 1. The molecule has 1 aliphatic carbocycles. The van der Waals surface area contributed by atoms with Crippen LogP contribution < -0.4 is 11.1 Å². The molecule has 102 valence electrons. The Bertz CT molecular complexity index is 353. The highest BCUT2D eigenvalue weighted by Crippen LogP contribution is 2.22. The molecule has 0 bridgehead atoms. The van der Waals surface area contributed by atoms with Crippen molar-refractivity contribution >= 4 is 11.8 Å². The van der Waals surface area contributed by atoms with E-state index in [1.54, 1.807) is 12.2 Å². The first-order valence-electron chi connectivity index (χ1n) is 5.60. The molecule has 4 nitrogen and oxygen atoms in total. The Balaban J connectivity index is 2.47. The van der Waals surface area contributed by atoms with Gasteiger partial charge in [0, 0.05) is 12.5 Å². The van der Waals surface area contributed by atoms with E-state index < -0.39 is 42.8 Å². The standard InChI is InChI=1S/C11H15F3N2O2/c12-11(13,14)6-5-9(17)16-8-4-2-1-3-7(8)10(15)18/h1-2,7-8H,3-6H2,(H2,15,18)(H,16,17)/t7-,8-/m1/s1. The minimum absolute atomic E-state index is 0.402. The Morgan fingerprint density at radius 2 is 1.89 bits per heavy atom. The van der Waals surface area contributed by atoms with Crippen LogP contribution >= 0.6 is 0 Å². The van der Waals surface area contributed by atoms with E-state index in [0.717, 1.165) is 0 Å². The van der Waals surface area contributed by atoms with Crippen LogP contribution in [0.3, 0.4) is 0 Å². The molecule has 0 unspecified atom stereocenters. The van der Waals surface area contributed by atoms with Crippen LogP contribution in [0.15, 0.2) is 12.2 Å². The fourth-order valence-corrected chi connectivity index (χ4v) is 1.82. The number of hydrogen-bond donors (Lipinski definition) is 2. The highest BCUT2D eigenvalue weighted by atomic mass is 19.4. The number of amides is 2. The van der Waals surface area contributed by atoms with E-state index in [2.05, 4.69) is 5.32 Å². The molecule has 1 aliphatic rings. The lowest BCUT2D eigenvalue weighted by atomic mass is 9.88. The number of carbonyl (C=O) groups excluding carboxylic acids is 2. The summed E-state index contributed by atoms with van der Waals surface area (Å²) in [7, 11) is 0. The molecular formula is C11H15F3N2O2.